The molecule has 0 radical (unpaired) electrons. The Kier molecular flexibility index (Phi) is 4.60. The highest BCUT2D eigenvalue weighted by atomic mass is 16.2. The Morgan fingerprint density at radius 3 is 2.75 bits per heavy atom. The number of carbonyl (C=O) groups is 2. The molecule has 12 heavy (non-hydrogen) atoms. The van der Waals surface area contributed by atoms with Crippen LogP contribution in [0.3, 0.4) is 0 Å². The quantitative estimate of drug-likeness (QED) is 0.250. The van der Waals surface area contributed by atoms with Crippen molar-refractivity contribution in [2.24, 2.45) is 10.8 Å². The minimum Gasteiger partial charge on any atom is -0.350 e. The summed E-state index contributed by atoms with van der Waals surface area (Å²) in [6.45, 7) is 0. The number of nitrogens with one attached hydrogen (secondary N) is 1. The van der Waals surface area contributed by atoms with E-state index >= 15 is 0 Å². The van der Waals surface area contributed by atoms with Gasteiger partial charge in [0.2, 0.25) is 0 Å². The van der Waals surface area contributed by atoms with E-state index in [0.29, 0.717) is 0 Å². The van der Waals surface area contributed by atoms with Crippen molar-refractivity contribution in [1.29, 1.82) is 5.26 Å². The summed E-state index contributed by atoms with van der Waals surface area (Å²) < 4.78 is 0. The van der Waals surface area contributed by atoms with Gasteiger partial charge in [0.05, 0.1) is 12.3 Å². The van der Waals surface area contributed by atoms with Crippen LogP contribution in [0.5, 0.6) is 0 Å². The number of ketones is 1. The Bertz CT molecular complexity index is 274. The van der Waals surface area contributed by atoms with Gasteiger partial charge in [-0.25, -0.2) is 10.2 Å². The third kappa shape index (κ3) is 5.97. The number of nitrogens with zero attached hydrogens (tertiary/aromatic N) is 2. The van der Waals surface area contributed by atoms with Gasteiger partial charge in [-0.1, -0.05) is 0 Å². The molecule has 0 saturated heterocycles. The molecule has 0 rings (SSSR count). The second kappa shape index (κ2) is 5.61. The van der Waals surface area contributed by atoms with Gasteiger partial charge in [0.1, 0.15) is 0 Å². The Labute approximate surface area is 68.3 Å². The lowest BCUT2D eigenvalue weighted by Gasteiger charge is -1.87. The number of urea groups is 1. The van der Waals surface area contributed by atoms with Gasteiger partial charge in [0.15, 0.2) is 5.78 Å². The van der Waals surface area contributed by atoms with Gasteiger partial charge in [-0.3, -0.25) is 4.79 Å². The third-order valence-electron chi connectivity index (χ3n) is 0.689. The number of nitriles is 1. The average Bonchev–Trinajstić information content (AvgIpc) is 2.00. The van der Waals surface area contributed by atoms with Gasteiger partial charge in [-0.15, -0.1) is 0 Å². The number of amides is 2. The SMILES string of the molecule is N#C/C=C/C(=O)/C=N/NC(N)=O. The minimum absolute atomic E-state index is 0.509. The van der Waals surface area contributed by atoms with E-state index in [-0.39, 0.29) is 0 Å². The van der Waals surface area contributed by atoms with E-state index < -0.39 is 11.8 Å². The summed E-state index contributed by atoms with van der Waals surface area (Å²) in [7, 11) is 0. The molecular formula is C6H6N4O2. The number of hydrazone groups is 1. The summed E-state index contributed by atoms with van der Waals surface area (Å²) >= 11 is 0. The molecular weight excluding hydrogens is 160 g/mol. The third-order valence-corrected chi connectivity index (χ3v) is 0.689. The molecule has 0 spiro atoms. The molecule has 0 bridgehead atoms. The number of hydrogen-bond acceptors (Lipinski definition) is 4. The van der Waals surface area contributed by atoms with Crippen molar-refractivity contribution >= 4 is 18.0 Å². The van der Waals surface area contributed by atoms with E-state index in [9.17, 15) is 9.59 Å². The lowest BCUT2D eigenvalue weighted by Crippen LogP contribution is -2.24. The fourth-order valence-corrected chi connectivity index (χ4v) is 0.322. The van der Waals surface area contributed by atoms with E-state index in [0.717, 1.165) is 18.4 Å². The second-order valence-corrected chi connectivity index (χ2v) is 1.60. The summed E-state index contributed by atoms with van der Waals surface area (Å²) in [4.78, 5) is 20.6. The maximum Gasteiger partial charge on any atom is 0.332 e. The van der Waals surface area contributed by atoms with Crippen molar-refractivity contribution in [3.63, 3.8) is 0 Å². The first-order valence-electron chi connectivity index (χ1n) is 2.85. The molecule has 62 valence electrons. The van der Waals surface area contributed by atoms with Crippen molar-refractivity contribution in [1.82, 2.24) is 5.43 Å². The number of primary amides is 1. The van der Waals surface area contributed by atoms with Crippen LogP contribution in [0.15, 0.2) is 17.3 Å². The molecule has 2 amide bonds. The van der Waals surface area contributed by atoms with E-state index in [2.05, 4.69) is 10.8 Å². The van der Waals surface area contributed by atoms with E-state index in [1.54, 1.807) is 6.07 Å². The van der Waals surface area contributed by atoms with E-state index in [1.165, 1.54) is 0 Å². The van der Waals surface area contributed by atoms with Crippen LogP contribution in [-0.2, 0) is 4.79 Å². The van der Waals surface area contributed by atoms with Crippen molar-refractivity contribution in [2.75, 3.05) is 0 Å². The highest BCUT2D eigenvalue weighted by molar-refractivity contribution is 6.32. The summed E-state index contributed by atoms with van der Waals surface area (Å²) in [5.41, 5.74) is 6.46. The van der Waals surface area contributed by atoms with Crippen LogP contribution in [0.2, 0.25) is 0 Å². The van der Waals surface area contributed by atoms with E-state index in [1.807, 2.05) is 5.43 Å². The topological polar surface area (TPSA) is 108 Å². The fourth-order valence-electron chi connectivity index (χ4n) is 0.322. The van der Waals surface area contributed by atoms with Crippen molar-refractivity contribution in [2.45, 2.75) is 0 Å². The molecule has 6 nitrogen and oxygen atoms in total. The number of rotatable bonds is 3. The van der Waals surface area contributed by atoms with Gasteiger partial charge in [-0.05, 0) is 6.08 Å². The largest absolute Gasteiger partial charge is 0.350 e. The molecule has 0 heterocycles. The maximum atomic E-state index is 10.6. The Morgan fingerprint density at radius 1 is 1.58 bits per heavy atom. The van der Waals surface area contributed by atoms with Crippen LogP contribution < -0.4 is 11.2 Å². The van der Waals surface area contributed by atoms with E-state index in [4.69, 9.17) is 5.26 Å². The van der Waals surface area contributed by atoms with Crippen LogP contribution in [0.25, 0.3) is 0 Å². The fraction of sp³-hybridized carbons (Fsp3) is 0. The smallest absolute Gasteiger partial charge is 0.332 e. The molecule has 6 heteroatoms. The summed E-state index contributed by atoms with van der Waals surface area (Å²) in [6, 6.07) is 0.765. The molecule has 0 aromatic heterocycles. The van der Waals surface area contributed by atoms with Gasteiger partial charge in [0, 0.05) is 6.08 Å². The lowest BCUT2D eigenvalue weighted by molar-refractivity contribution is -0.108. The molecule has 0 fully saturated rings. The molecule has 0 unspecified atom stereocenters. The molecule has 0 saturated carbocycles. The molecule has 0 atom stereocenters. The first-order valence-corrected chi connectivity index (χ1v) is 2.85. The standard InChI is InChI=1S/C6H6N4O2/c7-3-1-2-5(11)4-9-10-6(8)12/h1-2,4H,(H3,8,10,12)/b2-1+,9-4+. The predicted molar refractivity (Wildman–Crippen MR) is 41.0 cm³/mol. The predicted octanol–water partition coefficient (Wildman–Crippen LogP) is -0.711. The van der Waals surface area contributed by atoms with Crippen LogP contribution in [0.1, 0.15) is 0 Å². The molecule has 0 aromatic rings. The molecule has 3 N–H and O–H groups in total. The molecule has 0 aliphatic heterocycles. The molecule has 0 aromatic carbocycles. The summed E-state index contributed by atoms with van der Waals surface area (Å²) in [6.07, 6.45) is 2.84. The zero-order chi connectivity index (χ0) is 9.40. The highest BCUT2D eigenvalue weighted by Crippen LogP contribution is 1.71. The van der Waals surface area contributed by atoms with Crippen molar-refractivity contribution < 1.29 is 9.59 Å². The Morgan fingerprint density at radius 2 is 2.25 bits per heavy atom. The first kappa shape index (κ1) is 9.84. The van der Waals surface area contributed by atoms with Gasteiger partial charge in [-0.2, -0.15) is 10.4 Å². The van der Waals surface area contributed by atoms with Crippen molar-refractivity contribution in [3.8, 4) is 6.07 Å². The monoisotopic (exact) mass is 166 g/mol. The van der Waals surface area contributed by atoms with Gasteiger partial charge in [0.25, 0.3) is 0 Å². The van der Waals surface area contributed by atoms with Crippen molar-refractivity contribution in [3.05, 3.63) is 12.2 Å². The minimum atomic E-state index is -0.858. The number of carbonyl (C=O) groups excluding carboxylic acids is 2. The number of nitrogens with two attached hydrogens (primary N) is 1. The van der Waals surface area contributed by atoms with Gasteiger partial charge >= 0.3 is 6.03 Å². The van der Waals surface area contributed by atoms with Crippen LogP contribution in [0.4, 0.5) is 4.79 Å². The van der Waals surface area contributed by atoms with Crippen LogP contribution in [-0.4, -0.2) is 18.0 Å². The number of hydrogen-bond donors (Lipinski definition) is 2. The average molecular weight is 166 g/mol. The highest BCUT2D eigenvalue weighted by Gasteiger charge is 1.89. The second-order valence-electron chi connectivity index (χ2n) is 1.60. The molecule has 0 aliphatic carbocycles. The Balaban J connectivity index is 3.86. The normalized spacial score (nSPS) is 9.92. The van der Waals surface area contributed by atoms with Crippen LogP contribution >= 0.6 is 0 Å². The zero-order valence-corrected chi connectivity index (χ0v) is 6.02. The first-order chi connectivity index (χ1) is 5.66. The maximum absolute atomic E-state index is 10.6. The van der Waals surface area contributed by atoms with Gasteiger partial charge < -0.3 is 5.73 Å². The summed E-state index contributed by atoms with van der Waals surface area (Å²) in [5.74, 6) is -0.509. The number of allylic oxidation sites excluding steroid dienone is 2. The summed E-state index contributed by atoms with van der Waals surface area (Å²) in [5, 5.41) is 11.2. The lowest BCUT2D eigenvalue weighted by atomic mass is 10.4. The van der Waals surface area contributed by atoms with Crippen LogP contribution in [0, 0.1) is 11.3 Å². The molecule has 0 aliphatic rings. The zero-order valence-electron chi connectivity index (χ0n) is 6.02. The Hall–Kier alpha value is -2.16.